The van der Waals surface area contributed by atoms with Crippen molar-refractivity contribution in [3.05, 3.63) is 12.2 Å². The number of hydrogen-bond donors (Lipinski definition) is 0. The summed E-state index contributed by atoms with van der Waals surface area (Å²) in [4.78, 5) is 23.4. The standard InChI is InChI=1S/C30H56O4/c1-27(2)21-17-13-9-5-7-11-15-19-25-33-29(31)23-24-30(32)34-26-20-16-12-8-6-10-14-18-22-28(3)4/h23-24,27-28H,5-22,25-26H2,1-4H3. The minimum Gasteiger partial charge on any atom is -0.463 e. The molecule has 0 spiro atoms. The average molecular weight is 481 g/mol. The van der Waals surface area contributed by atoms with E-state index >= 15 is 0 Å². The second-order valence-corrected chi connectivity index (χ2v) is 10.7. The Morgan fingerprint density at radius 3 is 1.03 bits per heavy atom. The van der Waals surface area contributed by atoms with Crippen molar-refractivity contribution >= 4 is 11.9 Å². The largest absolute Gasteiger partial charge is 0.463 e. The zero-order valence-electron chi connectivity index (χ0n) is 23.1. The van der Waals surface area contributed by atoms with Crippen LogP contribution in [0, 0.1) is 11.8 Å². The van der Waals surface area contributed by atoms with Crippen molar-refractivity contribution in [1.82, 2.24) is 0 Å². The molecule has 4 heteroatoms. The predicted octanol–water partition coefficient (Wildman–Crippen LogP) is 8.96. The highest BCUT2D eigenvalue weighted by atomic mass is 16.5. The van der Waals surface area contributed by atoms with Crippen LogP contribution in [0.5, 0.6) is 0 Å². The van der Waals surface area contributed by atoms with Crippen molar-refractivity contribution in [2.75, 3.05) is 13.2 Å². The van der Waals surface area contributed by atoms with Gasteiger partial charge in [-0.05, 0) is 24.7 Å². The summed E-state index contributed by atoms with van der Waals surface area (Å²) in [6.45, 7) is 9.99. The van der Waals surface area contributed by atoms with Crippen molar-refractivity contribution in [1.29, 1.82) is 0 Å². The Kier molecular flexibility index (Phi) is 23.8. The smallest absolute Gasteiger partial charge is 0.331 e. The van der Waals surface area contributed by atoms with Crippen LogP contribution >= 0.6 is 0 Å². The maximum atomic E-state index is 11.7. The lowest BCUT2D eigenvalue weighted by Gasteiger charge is -2.05. The molecule has 0 bridgehead atoms. The highest BCUT2D eigenvalue weighted by Crippen LogP contribution is 2.13. The van der Waals surface area contributed by atoms with Gasteiger partial charge in [0.05, 0.1) is 13.2 Å². The fourth-order valence-electron chi connectivity index (χ4n) is 4.01. The molecule has 0 aromatic heterocycles. The second-order valence-electron chi connectivity index (χ2n) is 10.7. The number of ether oxygens (including phenoxy) is 2. The molecule has 200 valence electrons. The van der Waals surface area contributed by atoms with Gasteiger partial charge in [-0.3, -0.25) is 0 Å². The molecule has 34 heavy (non-hydrogen) atoms. The van der Waals surface area contributed by atoms with E-state index in [0.29, 0.717) is 13.2 Å². The first-order chi connectivity index (χ1) is 16.4. The summed E-state index contributed by atoms with van der Waals surface area (Å²) in [5, 5.41) is 0. The second kappa shape index (κ2) is 24.8. The molecule has 0 aliphatic rings. The summed E-state index contributed by atoms with van der Waals surface area (Å²) in [6, 6.07) is 0. The Balaban J connectivity index is 3.41. The highest BCUT2D eigenvalue weighted by Gasteiger charge is 2.02. The van der Waals surface area contributed by atoms with Gasteiger partial charge < -0.3 is 9.47 Å². The summed E-state index contributed by atoms with van der Waals surface area (Å²) < 4.78 is 10.3. The number of carbonyl (C=O) groups is 2. The Labute approximate surface area is 211 Å². The Morgan fingerprint density at radius 1 is 0.471 bits per heavy atom. The molecule has 0 heterocycles. The van der Waals surface area contributed by atoms with E-state index in [9.17, 15) is 9.59 Å². The van der Waals surface area contributed by atoms with Gasteiger partial charge in [0.25, 0.3) is 0 Å². The van der Waals surface area contributed by atoms with Gasteiger partial charge in [-0.15, -0.1) is 0 Å². The molecule has 0 N–H and O–H groups in total. The molecule has 0 atom stereocenters. The van der Waals surface area contributed by atoms with Gasteiger partial charge in [0.1, 0.15) is 0 Å². The van der Waals surface area contributed by atoms with Crippen molar-refractivity contribution < 1.29 is 19.1 Å². The number of esters is 2. The van der Waals surface area contributed by atoms with Crippen molar-refractivity contribution in [2.45, 2.75) is 143 Å². The van der Waals surface area contributed by atoms with E-state index in [1.54, 1.807) is 0 Å². The van der Waals surface area contributed by atoms with E-state index < -0.39 is 11.9 Å². The molecule has 0 saturated carbocycles. The molecular weight excluding hydrogens is 424 g/mol. The minimum absolute atomic E-state index is 0.421. The van der Waals surface area contributed by atoms with Gasteiger partial charge in [0.2, 0.25) is 0 Å². The van der Waals surface area contributed by atoms with E-state index in [4.69, 9.17) is 9.47 Å². The van der Waals surface area contributed by atoms with Gasteiger partial charge in [-0.2, -0.15) is 0 Å². The molecule has 0 aliphatic heterocycles. The maximum Gasteiger partial charge on any atom is 0.331 e. The molecule has 0 aromatic rings. The predicted molar refractivity (Wildman–Crippen MR) is 144 cm³/mol. The first kappa shape index (κ1) is 32.7. The topological polar surface area (TPSA) is 52.6 Å². The van der Waals surface area contributed by atoms with Crippen LogP contribution < -0.4 is 0 Å². The zero-order valence-corrected chi connectivity index (χ0v) is 23.1. The van der Waals surface area contributed by atoms with E-state index in [1.807, 2.05) is 0 Å². The van der Waals surface area contributed by atoms with Crippen LogP contribution in [0.4, 0.5) is 0 Å². The molecule has 0 fully saturated rings. The molecular formula is C30H56O4. The van der Waals surface area contributed by atoms with Crippen molar-refractivity contribution in [3.63, 3.8) is 0 Å². The van der Waals surface area contributed by atoms with Crippen LogP contribution in [0.1, 0.15) is 143 Å². The molecule has 0 saturated heterocycles. The van der Waals surface area contributed by atoms with Crippen LogP contribution in [0.25, 0.3) is 0 Å². The van der Waals surface area contributed by atoms with Crippen LogP contribution in [0.3, 0.4) is 0 Å². The summed E-state index contributed by atoms with van der Waals surface area (Å²) >= 11 is 0. The third-order valence-electron chi connectivity index (χ3n) is 6.20. The summed E-state index contributed by atoms with van der Waals surface area (Å²) in [5.74, 6) is 0.717. The number of carbonyl (C=O) groups excluding carboxylic acids is 2. The average Bonchev–Trinajstić information content (AvgIpc) is 2.79. The molecule has 0 rings (SSSR count). The van der Waals surface area contributed by atoms with E-state index in [2.05, 4.69) is 27.7 Å². The van der Waals surface area contributed by atoms with Crippen molar-refractivity contribution in [3.8, 4) is 0 Å². The molecule has 0 aromatic carbocycles. The van der Waals surface area contributed by atoms with Gasteiger partial charge in [-0.25, -0.2) is 9.59 Å². The lowest BCUT2D eigenvalue weighted by Crippen LogP contribution is -2.06. The quantitative estimate of drug-likeness (QED) is 0.0785. The fraction of sp³-hybridized carbons (Fsp3) is 0.867. The first-order valence-corrected chi connectivity index (χ1v) is 14.4. The van der Waals surface area contributed by atoms with Gasteiger partial charge >= 0.3 is 11.9 Å². The SMILES string of the molecule is CC(C)CCCCCCCCCCOC(=O)C=CC(=O)OCCCCCCCCCCC(C)C. The lowest BCUT2D eigenvalue weighted by molar-refractivity contribution is -0.140. The van der Waals surface area contributed by atoms with Crippen LogP contribution in [0.15, 0.2) is 12.2 Å². The monoisotopic (exact) mass is 480 g/mol. The summed E-state index contributed by atoms with van der Waals surface area (Å²) in [6.07, 6.45) is 24.6. The lowest BCUT2D eigenvalue weighted by atomic mass is 10.0. The maximum absolute atomic E-state index is 11.7. The van der Waals surface area contributed by atoms with Crippen LogP contribution in [-0.2, 0) is 19.1 Å². The molecule has 0 amide bonds. The highest BCUT2D eigenvalue weighted by molar-refractivity contribution is 5.91. The van der Waals surface area contributed by atoms with Crippen LogP contribution in [0.2, 0.25) is 0 Å². The summed E-state index contributed by atoms with van der Waals surface area (Å²) in [7, 11) is 0. The molecule has 0 aliphatic carbocycles. The van der Waals surface area contributed by atoms with E-state index in [0.717, 1.165) is 37.5 Å². The Morgan fingerprint density at radius 2 is 0.735 bits per heavy atom. The van der Waals surface area contributed by atoms with Gasteiger partial charge in [0, 0.05) is 12.2 Å². The molecule has 4 nitrogen and oxygen atoms in total. The molecule has 0 radical (unpaired) electrons. The number of hydrogen-bond acceptors (Lipinski definition) is 4. The zero-order chi connectivity index (χ0) is 25.3. The number of rotatable bonds is 24. The third kappa shape index (κ3) is 26.9. The number of unbranched alkanes of at least 4 members (excludes halogenated alkanes) is 14. The molecule has 0 unspecified atom stereocenters. The van der Waals surface area contributed by atoms with E-state index in [1.165, 1.54) is 102 Å². The third-order valence-corrected chi connectivity index (χ3v) is 6.20. The first-order valence-electron chi connectivity index (χ1n) is 14.4. The summed E-state index contributed by atoms with van der Waals surface area (Å²) in [5.41, 5.74) is 0. The fourth-order valence-corrected chi connectivity index (χ4v) is 4.01. The Bertz CT molecular complexity index is 452. The van der Waals surface area contributed by atoms with Crippen LogP contribution in [-0.4, -0.2) is 25.2 Å². The van der Waals surface area contributed by atoms with E-state index in [-0.39, 0.29) is 0 Å². The van der Waals surface area contributed by atoms with Gasteiger partial charge in [-0.1, -0.05) is 130 Å². The minimum atomic E-state index is -0.463. The van der Waals surface area contributed by atoms with Crippen molar-refractivity contribution in [2.24, 2.45) is 11.8 Å². The normalized spacial score (nSPS) is 11.6. The van der Waals surface area contributed by atoms with Gasteiger partial charge in [0.15, 0.2) is 0 Å². The Hall–Kier alpha value is -1.32.